The number of aromatic nitrogens is 3. The quantitative estimate of drug-likeness (QED) is 0.574. The zero-order chi connectivity index (χ0) is 12.6. The summed E-state index contributed by atoms with van der Waals surface area (Å²) in [6.07, 6.45) is 3.35. The van der Waals surface area contributed by atoms with Crippen molar-refractivity contribution in [1.29, 1.82) is 5.41 Å². The smallest absolute Gasteiger partial charge is 0.141 e. The lowest BCUT2D eigenvalue weighted by Crippen LogP contribution is -2.15. The number of hydrogen-bond donors (Lipinski definition) is 2. The second-order valence-corrected chi connectivity index (χ2v) is 4.98. The van der Waals surface area contributed by atoms with Crippen LogP contribution in [0, 0.1) is 5.41 Å². The van der Waals surface area contributed by atoms with E-state index >= 15 is 0 Å². The number of rotatable bonds is 1. The molecule has 0 aliphatic carbocycles. The topological polar surface area (TPSA) is 88.5 Å². The van der Waals surface area contributed by atoms with Gasteiger partial charge in [0, 0.05) is 11.6 Å². The molecule has 2 rings (SSSR count). The summed E-state index contributed by atoms with van der Waals surface area (Å²) < 4.78 is 0. The fraction of sp³-hybridized carbons (Fsp3) is 0.333. The first-order valence-corrected chi connectivity index (χ1v) is 5.35. The molecule has 0 saturated carbocycles. The van der Waals surface area contributed by atoms with Crippen LogP contribution < -0.4 is 5.73 Å². The summed E-state index contributed by atoms with van der Waals surface area (Å²) in [5.41, 5.74) is 8.11. The number of nitrogen functional groups attached to an aromatic ring is 1. The van der Waals surface area contributed by atoms with Gasteiger partial charge in [0.1, 0.15) is 17.0 Å². The molecule has 2 aromatic rings. The molecule has 0 amide bonds. The van der Waals surface area contributed by atoms with Crippen LogP contribution in [-0.2, 0) is 5.41 Å². The fourth-order valence-corrected chi connectivity index (χ4v) is 1.42. The number of fused-ring (bicyclic) bond motifs is 1. The number of pyridine rings is 1. The Bertz CT molecular complexity index is 583. The monoisotopic (exact) mass is 229 g/mol. The maximum absolute atomic E-state index is 7.35. The maximum atomic E-state index is 7.35. The Balaban J connectivity index is 2.62. The first kappa shape index (κ1) is 11.4. The average molecular weight is 229 g/mol. The zero-order valence-corrected chi connectivity index (χ0v) is 10.2. The van der Waals surface area contributed by atoms with E-state index in [0.29, 0.717) is 11.2 Å². The lowest BCUT2D eigenvalue weighted by atomic mass is 9.92. The van der Waals surface area contributed by atoms with E-state index in [2.05, 4.69) is 35.7 Å². The van der Waals surface area contributed by atoms with E-state index in [1.54, 1.807) is 18.5 Å². The minimum absolute atomic E-state index is 0.0547. The van der Waals surface area contributed by atoms with Gasteiger partial charge in [0.25, 0.3) is 0 Å². The molecule has 2 heterocycles. The molecule has 17 heavy (non-hydrogen) atoms. The molecule has 0 saturated heterocycles. The standard InChI is InChI=1S/C12H15N5/c1-12(2,3)10-6-16-9-5-15-8(11(13)14)4-7(9)17-10/h4-6H,1-3H3,(H3,13,14). The van der Waals surface area contributed by atoms with Crippen LogP contribution in [0.3, 0.4) is 0 Å². The first-order valence-electron chi connectivity index (χ1n) is 5.35. The van der Waals surface area contributed by atoms with Gasteiger partial charge in [0.2, 0.25) is 0 Å². The molecule has 0 aromatic carbocycles. The van der Waals surface area contributed by atoms with E-state index in [0.717, 1.165) is 11.2 Å². The van der Waals surface area contributed by atoms with Crippen molar-refractivity contribution in [3.63, 3.8) is 0 Å². The molecule has 2 aromatic heterocycles. The molecular formula is C12H15N5. The van der Waals surface area contributed by atoms with Crippen LogP contribution in [0.1, 0.15) is 32.2 Å². The van der Waals surface area contributed by atoms with Gasteiger partial charge < -0.3 is 5.73 Å². The highest BCUT2D eigenvalue weighted by Crippen LogP contribution is 2.21. The third-order valence-corrected chi connectivity index (χ3v) is 2.47. The summed E-state index contributed by atoms with van der Waals surface area (Å²) in [5, 5.41) is 7.35. The molecule has 0 unspecified atom stereocenters. The van der Waals surface area contributed by atoms with Gasteiger partial charge in [-0.15, -0.1) is 0 Å². The Morgan fingerprint density at radius 2 is 1.88 bits per heavy atom. The van der Waals surface area contributed by atoms with Crippen molar-refractivity contribution in [1.82, 2.24) is 15.0 Å². The summed E-state index contributed by atoms with van der Waals surface area (Å²) in [7, 11) is 0. The molecule has 0 bridgehead atoms. The van der Waals surface area contributed by atoms with Crippen LogP contribution in [0.4, 0.5) is 0 Å². The van der Waals surface area contributed by atoms with E-state index in [1.807, 2.05) is 0 Å². The van der Waals surface area contributed by atoms with Crippen molar-refractivity contribution >= 4 is 16.9 Å². The van der Waals surface area contributed by atoms with Crippen molar-refractivity contribution < 1.29 is 0 Å². The molecule has 0 radical (unpaired) electrons. The second kappa shape index (κ2) is 3.76. The molecule has 5 nitrogen and oxygen atoms in total. The highest BCUT2D eigenvalue weighted by molar-refractivity contribution is 5.95. The van der Waals surface area contributed by atoms with Crippen molar-refractivity contribution in [3.05, 3.63) is 29.8 Å². The van der Waals surface area contributed by atoms with Crippen LogP contribution in [-0.4, -0.2) is 20.8 Å². The maximum Gasteiger partial charge on any atom is 0.141 e. The van der Waals surface area contributed by atoms with Gasteiger partial charge in [-0.1, -0.05) is 20.8 Å². The molecule has 0 aliphatic heterocycles. The Hall–Kier alpha value is -2.04. The van der Waals surface area contributed by atoms with Gasteiger partial charge in [-0.2, -0.15) is 0 Å². The van der Waals surface area contributed by atoms with Crippen LogP contribution in [0.2, 0.25) is 0 Å². The summed E-state index contributed by atoms with van der Waals surface area (Å²) in [5.74, 6) is -0.0603. The van der Waals surface area contributed by atoms with Crippen molar-refractivity contribution in [3.8, 4) is 0 Å². The van der Waals surface area contributed by atoms with E-state index in [-0.39, 0.29) is 11.3 Å². The number of nitrogens with two attached hydrogens (primary N) is 1. The average Bonchev–Trinajstić information content (AvgIpc) is 2.26. The van der Waals surface area contributed by atoms with Gasteiger partial charge >= 0.3 is 0 Å². The van der Waals surface area contributed by atoms with E-state index in [4.69, 9.17) is 11.1 Å². The van der Waals surface area contributed by atoms with Crippen LogP contribution in [0.5, 0.6) is 0 Å². The van der Waals surface area contributed by atoms with Crippen LogP contribution in [0.15, 0.2) is 18.5 Å². The van der Waals surface area contributed by atoms with Gasteiger partial charge in [-0.3, -0.25) is 15.4 Å². The highest BCUT2D eigenvalue weighted by Gasteiger charge is 2.16. The summed E-state index contributed by atoms with van der Waals surface area (Å²) in [4.78, 5) is 12.9. The predicted molar refractivity (Wildman–Crippen MR) is 67.0 cm³/mol. The lowest BCUT2D eigenvalue weighted by Gasteiger charge is -2.17. The largest absolute Gasteiger partial charge is 0.382 e. The van der Waals surface area contributed by atoms with Crippen LogP contribution >= 0.6 is 0 Å². The Labute approximate surface area is 99.6 Å². The highest BCUT2D eigenvalue weighted by atomic mass is 14.9. The van der Waals surface area contributed by atoms with Crippen molar-refractivity contribution in [2.75, 3.05) is 0 Å². The summed E-state index contributed by atoms with van der Waals surface area (Å²) in [6.45, 7) is 6.24. The minimum atomic E-state index is -0.0603. The third-order valence-electron chi connectivity index (χ3n) is 2.47. The van der Waals surface area contributed by atoms with Gasteiger partial charge in [-0.05, 0) is 6.07 Å². The fourth-order valence-electron chi connectivity index (χ4n) is 1.42. The van der Waals surface area contributed by atoms with Gasteiger partial charge in [0.05, 0.1) is 17.4 Å². The Morgan fingerprint density at radius 1 is 1.18 bits per heavy atom. The number of amidine groups is 1. The van der Waals surface area contributed by atoms with E-state index in [1.165, 1.54) is 0 Å². The molecule has 0 atom stereocenters. The molecule has 0 aliphatic rings. The summed E-state index contributed by atoms with van der Waals surface area (Å²) >= 11 is 0. The van der Waals surface area contributed by atoms with E-state index < -0.39 is 0 Å². The molecule has 5 heteroatoms. The van der Waals surface area contributed by atoms with Crippen molar-refractivity contribution in [2.45, 2.75) is 26.2 Å². The van der Waals surface area contributed by atoms with Gasteiger partial charge in [0.15, 0.2) is 0 Å². The Kier molecular flexibility index (Phi) is 2.53. The molecule has 0 fully saturated rings. The molecule has 3 N–H and O–H groups in total. The number of nitrogens with zero attached hydrogens (tertiary/aromatic N) is 3. The van der Waals surface area contributed by atoms with Crippen molar-refractivity contribution in [2.24, 2.45) is 5.73 Å². The lowest BCUT2D eigenvalue weighted by molar-refractivity contribution is 0.568. The molecule has 88 valence electrons. The van der Waals surface area contributed by atoms with Crippen LogP contribution in [0.25, 0.3) is 11.0 Å². The van der Waals surface area contributed by atoms with E-state index in [9.17, 15) is 0 Å². The Morgan fingerprint density at radius 3 is 2.47 bits per heavy atom. The molecular weight excluding hydrogens is 214 g/mol. The minimum Gasteiger partial charge on any atom is -0.382 e. The second-order valence-electron chi connectivity index (χ2n) is 4.98. The predicted octanol–water partition coefficient (Wildman–Crippen LogP) is 1.61. The molecule has 0 spiro atoms. The summed E-state index contributed by atoms with van der Waals surface area (Å²) in [6, 6.07) is 1.69. The SMILES string of the molecule is CC(C)(C)c1cnc2cnc(C(=N)N)cc2n1. The third kappa shape index (κ3) is 2.22. The zero-order valence-electron chi connectivity index (χ0n) is 10.2. The number of hydrogen-bond acceptors (Lipinski definition) is 4. The normalized spacial score (nSPS) is 11.7. The number of nitrogens with one attached hydrogen (secondary N) is 1. The van der Waals surface area contributed by atoms with Gasteiger partial charge in [-0.25, -0.2) is 4.98 Å². The first-order chi connectivity index (χ1) is 7.88.